The van der Waals surface area contributed by atoms with Crippen molar-refractivity contribution in [3.8, 4) is 0 Å². The summed E-state index contributed by atoms with van der Waals surface area (Å²) in [7, 11) is 1.98. The highest BCUT2D eigenvalue weighted by Crippen LogP contribution is 2.26. The van der Waals surface area contributed by atoms with Crippen LogP contribution in [0.3, 0.4) is 0 Å². The normalized spacial score (nSPS) is 12.6. The smallest absolute Gasteiger partial charge is 0.109 e. The quantitative estimate of drug-likeness (QED) is 0.857. The Morgan fingerprint density at radius 3 is 2.89 bits per heavy atom. The molecular formula is C13H16ClN3S. The van der Waals surface area contributed by atoms with Crippen molar-refractivity contribution in [2.75, 3.05) is 5.75 Å². The Balaban J connectivity index is 1.87. The third kappa shape index (κ3) is 3.51. The van der Waals surface area contributed by atoms with E-state index >= 15 is 0 Å². The summed E-state index contributed by atoms with van der Waals surface area (Å²) in [5, 5.41) is 0.784. The molecule has 96 valence electrons. The van der Waals surface area contributed by atoms with Crippen molar-refractivity contribution in [3.63, 3.8) is 0 Å². The molecule has 0 fully saturated rings. The second kappa shape index (κ2) is 6.27. The van der Waals surface area contributed by atoms with Crippen LogP contribution in [0.1, 0.15) is 5.82 Å². The Kier molecular flexibility index (Phi) is 4.69. The first-order valence-electron chi connectivity index (χ1n) is 5.76. The minimum absolute atomic E-state index is 0.0763. The van der Waals surface area contributed by atoms with Crippen molar-refractivity contribution in [2.24, 2.45) is 12.8 Å². The number of nitrogens with two attached hydrogens (primary N) is 1. The van der Waals surface area contributed by atoms with E-state index < -0.39 is 0 Å². The topological polar surface area (TPSA) is 43.8 Å². The van der Waals surface area contributed by atoms with E-state index in [1.165, 1.54) is 0 Å². The van der Waals surface area contributed by atoms with Crippen LogP contribution >= 0.6 is 23.4 Å². The Morgan fingerprint density at radius 2 is 2.22 bits per heavy atom. The monoisotopic (exact) mass is 281 g/mol. The molecule has 1 aromatic carbocycles. The number of nitrogens with zero attached hydrogens (tertiary/aromatic N) is 2. The van der Waals surface area contributed by atoms with E-state index in [-0.39, 0.29) is 6.04 Å². The fraction of sp³-hybridized carbons (Fsp3) is 0.308. The molecule has 1 heterocycles. The zero-order valence-corrected chi connectivity index (χ0v) is 11.8. The minimum atomic E-state index is 0.0763. The molecule has 1 unspecified atom stereocenters. The first-order chi connectivity index (χ1) is 8.66. The predicted molar refractivity (Wildman–Crippen MR) is 77.1 cm³/mol. The Morgan fingerprint density at radius 1 is 1.44 bits per heavy atom. The van der Waals surface area contributed by atoms with Gasteiger partial charge in [-0.3, -0.25) is 0 Å². The summed E-state index contributed by atoms with van der Waals surface area (Å²) in [6.07, 6.45) is 4.51. The van der Waals surface area contributed by atoms with E-state index in [0.717, 1.165) is 27.9 Å². The third-order valence-corrected chi connectivity index (χ3v) is 4.36. The standard InChI is InChI=1S/C13H16ClN3S/c1-17-7-6-16-13(17)8-10(15)9-18-12-5-3-2-4-11(12)14/h2-7,10H,8-9,15H2,1H3. The number of hydrogen-bond acceptors (Lipinski definition) is 3. The molecule has 3 nitrogen and oxygen atoms in total. The average molecular weight is 282 g/mol. The molecule has 5 heteroatoms. The van der Waals surface area contributed by atoms with Crippen molar-refractivity contribution >= 4 is 23.4 Å². The van der Waals surface area contributed by atoms with Crippen molar-refractivity contribution in [3.05, 3.63) is 47.5 Å². The molecule has 0 bridgehead atoms. The third-order valence-electron chi connectivity index (χ3n) is 2.66. The molecule has 0 radical (unpaired) electrons. The molecule has 2 rings (SSSR count). The lowest BCUT2D eigenvalue weighted by Crippen LogP contribution is -2.27. The molecule has 18 heavy (non-hydrogen) atoms. The lowest BCUT2D eigenvalue weighted by molar-refractivity contribution is 0.679. The highest BCUT2D eigenvalue weighted by Gasteiger charge is 2.09. The van der Waals surface area contributed by atoms with Crippen LogP contribution in [0.4, 0.5) is 0 Å². The zero-order valence-electron chi connectivity index (χ0n) is 10.2. The molecule has 0 aliphatic heterocycles. The molecular weight excluding hydrogens is 266 g/mol. The van der Waals surface area contributed by atoms with Gasteiger partial charge in [0, 0.05) is 42.6 Å². The molecule has 2 aromatic rings. The van der Waals surface area contributed by atoms with Gasteiger partial charge in [-0.25, -0.2) is 4.98 Å². The summed E-state index contributed by atoms with van der Waals surface area (Å²) in [5.74, 6) is 1.85. The highest BCUT2D eigenvalue weighted by molar-refractivity contribution is 7.99. The van der Waals surface area contributed by atoms with Gasteiger partial charge >= 0.3 is 0 Å². The molecule has 0 saturated carbocycles. The molecule has 0 aliphatic carbocycles. The first kappa shape index (κ1) is 13.5. The molecule has 1 aromatic heterocycles. The number of rotatable bonds is 5. The Bertz CT molecular complexity index is 512. The Labute approximate surface area is 116 Å². The summed E-state index contributed by atoms with van der Waals surface area (Å²) in [4.78, 5) is 5.35. The van der Waals surface area contributed by atoms with Crippen LogP contribution in [-0.4, -0.2) is 21.3 Å². The molecule has 0 amide bonds. The van der Waals surface area contributed by atoms with Crippen LogP contribution in [0.25, 0.3) is 0 Å². The number of aromatic nitrogens is 2. The van der Waals surface area contributed by atoms with Crippen LogP contribution in [0.5, 0.6) is 0 Å². The number of aryl methyl sites for hydroxylation is 1. The van der Waals surface area contributed by atoms with Gasteiger partial charge in [0.2, 0.25) is 0 Å². The largest absolute Gasteiger partial charge is 0.338 e. The lowest BCUT2D eigenvalue weighted by atomic mass is 10.2. The second-order valence-corrected chi connectivity index (χ2v) is 5.63. The van der Waals surface area contributed by atoms with E-state index in [9.17, 15) is 0 Å². The van der Waals surface area contributed by atoms with E-state index in [0.29, 0.717) is 0 Å². The van der Waals surface area contributed by atoms with E-state index in [1.54, 1.807) is 18.0 Å². The van der Waals surface area contributed by atoms with Gasteiger partial charge in [-0.1, -0.05) is 23.7 Å². The number of benzene rings is 1. The predicted octanol–water partition coefficient (Wildman–Crippen LogP) is 2.74. The van der Waals surface area contributed by atoms with Crippen molar-refractivity contribution < 1.29 is 0 Å². The maximum atomic E-state index is 6.11. The van der Waals surface area contributed by atoms with Gasteiger partial charge in [0.05, 0.1) is 5.02 Å². The lowest BCUT2D eigenvalue weighted by Gasteiger charge is -2.11. The van der Waals surface area contributed by atoms with E-state index in [4.69, 9.17) is 17.3 Å². The highest BCUT2D eigenvalue weighted by atomic mass is 35.5. The molecule has 0 spiro atoms. The van der Waals surface area contributed by atoms with Crippen molar-refractivity contribution in [2.45, 2.75) is 17.4 Å². The van der Waals surface area contributed by atoms with E-state index in [2.05, 4.69) is 4.98 Å². The van der Waals surface area contributed by atoms with Gasteiger partial charge < -0.3 is 10.3 Å². The summed E-state index contributed by atoms with van der Waals surface area (Å²) in [6, 6.07) is 7.90. The van der Waals surface area contributed by atoms with Crippen LogP contribution in [0, 0.1) is 0 Å². The summed E-state index contributed by atoms with van der Waals surface area (Å²) in [5.41, 5.74) is 6.11. The fourth-order valence-corrected chi connectivity index (χ4v) is 2.84. The van der Waals surface area contributed by atoms with Gasteiger partial charge in [0.1, 0.15) is 5.82 Å². The van der Waals surface area contributed by atoms with Crippen molar-refractivity contribution in [1.29, 1.82) is 0 Å². The maximum Gasteiger partial charge on any atom is 0.109 e. The number of thioether (sulfide) groups is 1. The molecule has 2 N–H and O–H groups in total. The second-order valence-electron chi connectivity index (χ2n) is 4.16. The van der Waals surface area contributed by atoms with Crippen LogP contribution in [-0.2, 0) is 13.5 Å². The zero-order chi connectivity index (χ0) is 13.0. The van der Waals surface area contributed by atoms with Crippen molar-refractivity contribution in [1.82, 2.24) is 9.55 Å². The van der Waals surface area contributed by atoms with Gasteiger partial charge in [0.15, 0.2) is 0 Å². The van der Waals surface area contributed by atoms with Crippen LogP contribution < -0.4 is 5.73 Å². The maximum absolute atomic E-state index is 6.11. The van der Waals surface area contributed by atoms with Gasteiger partial charge in [0.25, 0.3) is 0 Å². The fourth-order valence-electron chi connectivity index (χ4n) is 1.65. The molecule has 1 atom stereocenters. The number of hydrogen-bond donors (Lipinski definition) is 1. The van der Waals surface area contributed by atoms with E-state index in [1.807, 2.05) is 42.1 Å². The van der Waals surface area contributed by atoms with Gasteiger partial charge in [-0.05, 0) is 12.1 Å². The Hall–Kier alpha value is -0.970. The van der Waals surface area contributed by atoms with Gasteiger partial charge in [-0.15, -0.1) is 11.8 Å². The number of imidazole rings is 1. The van der Waals surface area contributed by atoms with Crippen LogP contribution in [0.2, 0.25) is 5.02 Å². The number of halogens is 1. The SMILES string of the molecule is Cn1ccnc1CC(N)CSc1ccccc1Cl. The summed E-state index contributed by atoms with van der Waals surface area (Å²) < 4.78 is 2.00. The van der Waals surface area contributed by atoms with Crippen LogP contribution in [0.15, 0.2) is 41.6 Å². The molecule has 0 saturated heterocycles. The average Bonchev–Trinajstić information content (AvgIpc) is 2.74. The first-order valence-corrected chi connectivity index (χ1v) is 7.12. The summed E-state index contributed by atoms with van der Waals surface area (Å²) >= 11 is 7.79. The summed E-state index contributed by atoms with van der Waals surface area (Å²) in [6.45, 7) is 0. The molecule has 0 aliphatic rings. The van der Waals surface area contributed by atoms with Gasteiger partial charge in [-0.2, -0.15) is 0 Å². The minimum Gasteiger partial charge on any atom is -0.338 e.